The summed E-state index contributed by atoms with van der Waals surface area (Å²) < 4.78 is 0. The lowest BCUT2D eigenvalue weighted by Crippen LogP contribution is -2.35. The minimum Gasteiger partial charge on any atom is -0.330 e. The molecule has 1 unspecified atom stereocenters. The molecule has 2 N–H and O–H groups in total. The highest BCUT2D eigenvalue weighted by Gasteiger charge is 2.23. The van der Waals surface area contributed by atoms with Crippen molar-refractivity contribution >= 4 is 11.6 Å². The highest BCUT2D eigenvalue weighted by molar-refractivity contribution is 5.93. The first-order valence-electron chi connectivity index (χ1n) is 5.86. The number of amides is 1. The molecule has 16 heavy (non-hydrogen) atoms. The van der Waals surface area contributed by atoms with E-state index in [1.165, 1.54) is 0 Å². The molecule has 0 radical (unpaired) electrons. The van der Waals surface area contributed by atoms with Gasteiger partial charge in [0.2, 0.25) is 5.91 Å². The fourth-order valence-corrected chi connectivity index (χ4v) is 2.18. The van der Waals surface area contributed by atoms with Gasteiger partial charge >= 0.3 is 0 Å². The van der Waals surface area contributed by atoms with Crippen LogP contribution in [0, 0.1) is 5.92 Å². The number of carbonyl (C=O) groups is 1. The molecule has 0 saturated carbocycles. The van der Waals surface area contributed by atoms with Crippen LogP contribution in [0.25, 0.3) is 0 Å². The number of nitrogens with two attached hydrogens (primary N) is 1. The monoisotopic (exact) mass is 218 g/mol. The average Bonchev–Trinajstić information content (AvgIpc) is 2.52. The summed E-state index contributed by atoms with van der Waals surface area (Å²) in [6.45, 7) is 1.43. The second-order valence-electron chi connectivity index (χ2n) is 4.33. The van der Waals surface area contributed by atoms with Gasteiger partial charge in [-0.3, -0.25) is 4.79 Å². The average molecular weight is 218 g/mol. The van der Waals surface area contributed by atoms with Gasteiger partial charge < -0.3 is 10.6 Å². The van der Waals surface area contributed by atoms with Crippen molar-refractivity contribution in [3.63, 3.8) is 0 Å². The highest BCUT2D eigenvalue weighted by atomic mass is 16.2. The minimum atomic E-state index is 0.224. The van der Waals surface area contributed by atoms with Crippen molar-refractivity contribution in [2.24, 2.45) is 11.7 Å². The van der Waals surface area contributed by atoms with Crippen LogP contribution < -0.4 is 10.6 Å². The van der Waals surface area contributed by atoms with Gasteiger partial charge in [-0.2, -0.15) is 0 Å². The van der Waals surface area contributed by atoms with E-state index in [2.05, 4.69) is 0 Å². The molecule has 1 fully saturated rings. The molecule has 0 aromatic heterocycles. The van der Waals surface area contributed by atoms with Gasteiger partial charge in [0.1, 0.15) is 0 Å². The van der Waals surface area contributed by atoms with E-state index in [1.54, 1.807) is 0 Å². The fourth-order valence-electron chi connectivity index (χ4n) is 2.18. The van der Waals surface area contributed by atoms with Crippen molar-refractivity contribution in [1.82, 2.24) is 0 Å². The molecular formula is C13H18N2O. The van der Waals surface area contributed by atoms with Crippen LogP contribution in [0.5, 0.6) is 0 Å². The predicted molar refractivity (Wildman–Crippen MR) is 65.2 cm³/mol. The van der Waals surface area contributed by atoms with Crippen LogP contribution in [0.15, 0.2) is 30.3 Å². The largest absolute Gasteiger partial charge is 0.330 e. The van der Waals surface area contributed by atoms with Gasteiger partial charge in [0.05, 0.1) is 0 Å². The Morgan fingerprint density at radius 3 is 2.75 bits per heavy atom. The van der Waals surface area contributed by atoms with Crippen LogP contribution in [0.3, 0.4) is 0 Å². The first-order chi connectivity index (χ1) is 7.81. The summed E-state index contributed by atoms with van der Waals surface area (Å²) in [6, 6.07) is 9.86. The van der Waals surface area contributed by atoms with Crippen molar-refractivity contribution in [3.05, 3.63) is 30.3 Å². The number of rotatable bonds is 2. The second-order valence-corrected chi connectivity index (χ2v) is 4.33. The second kappa shape index (κ2) is 5.12. The van der Waals surface area contributed by atoms with Crippen LogP contribution >= 0.6 is 0 Å². The highest BCUT2D eigenvalue weighted by Crippen LogP contribution is 2.22. The van der Waals surface area contributed by atoms with Crippen LogP contribution in [-0.2, 0) is 4.79 Å². The summed E-state index contributed by atoms with van der Waals surface area (Å²) in [4.78, 5) is 13.8. The zero-order chi connectivity index (χ0) is 11.4. The van der Waals surface area contributed by atoms with Crippen LogP contribution in [0.4, 0.5) is 5.69 Å². The standard InChI is InChI=1S/C13H18N2O/c14-9-11-5-4-8-13(16)15(10-11)12-6-2-1-3-7-12/h1-3,6-7,11H,4-5,8-10,14H2. The lowest BCUT2D eigenvalue weighted by molar-refractivity contribution is -0.118. The summed E-state index contributed by atoms with van der Waals surface area (Å²) >= 11 is 0. The van der Waals surface area contributed by atoms with Crippen LogP contribution in [0.1, 0.15) is 19.3 Å². The first kappa shape index (κ1) is 11.1. The van der Waals surface area contributed by atoms with Gasteiger partial charge in [-0.25, -0.2) is 0 Å². The lowest BCUT2D eigenvalue weighted by Gasteiger charge is -2.24. The number of hydrogen-bond acceptors (Lipinski definition) is 2. The molecule has 1 aromatic carbocycles. The fraction of sp³-hybridized carbons (Fsp3) is 0.462. The smallest absolute Gasteiger partial charge is 0.226 e. The number of carbonyl (C=O) groups excluding carboxylic acids is 1. The van der Waals surface area contributed by atoms with Gasteiger partial charge in [0.25, 0.3) is 0 Å². The summed E-state index contributed by atoms with van der Waals surface area (Å²) in [5, 5.41) is 0. The third-order valence-electron chi connectivity index (χ3n) is 3.15. The van der Waals surface area contributed by atoms with E-state index in [-0.39, 0.29) is 5.91 Å². The Kier molecular flexibility index (Phi) is 3.57. The molecule has 0 bridgehead atoms. The van der Waals surface area contributed by atoms with Gasteiger partial charge in [-0.1, -0.05) is 18.2 Å². The van der Waals surface area contributed by atoms with Gasteiger partial charge in [-0.05, 0) is 37.4 Å². The third-order valence-corrected chi connectivity index (χ3v) is 3.15. The topological polar surface area (TPSA) is 46.3 Å². The Hall–Kier alpha value is -1.35. The van der Waals surface area contributed by atoms with E-state index in [1.807, 2.05) is 35.2 Å². The summed E-state index contributed by atoms with van der Waals surface area (Å²) in [6.07, 6.45) is 2.67. The maximum absolute atomic E-state index is 12.0. The molecule has 2 rings (SSSR count). The quantitative estimate of drug-likeness (QED) is 0.822. The number of hydrogen-bond donors (Lipinski definition) is 1. The molecule has 1 aliphatic heterocycles. The normalized spacial score (nSPS) is 21.9. The number of nitrogens with zero attached hydrogens (tertiary/aromatic N) is 1. The molecule has 3 heteroatoms. The SMILES string of the molecule is NCC1CCCC(=O)N(c2ccccc2)C1. The van der Waals surface area contributed by atoms with Crippen molar-refractivity contribution < 1.29 is 4.79 Å². The van der Waals surface area contributed by atoms with E-state index < -0.39 is 0 Å². The first-order valence-corrected chi connectivity index (χ1v) is 5.86. The molecule has 1 amide bonds. The Morgan fingerprint density at radius 1 is 1.31 bits per heavy atom. The van der Waals surface area contributed by atoms with Gasteiger partial charge in [-0.15, -0.1) is 0 Å². The number of anilines is 1. The van der Waals surface area contributed by atoms with E-state index >= 15 is 0 Å². The zero-order valence-electron chi connectivity index (χ0n) is 9.43. The van der Waals surface area contributed by atoms with E-state index in [0.717, 1.165) is 25.1 Å². The molecule has 0 spiro atoms. The van der Waals surface area contributed by atoms with E-state index in [4.69, 9.17) is 5.73 Å². The molecule has 3 nitrogen and oxygen atoms in total. The lowest BCUT2D eigenvalue weighted by atomic mass is 10.0. The summed E-state index contributed by atoms with van der Waals surface area (Å²) in [5.41, 5.74) is 6.71. The number of benzene rings is 1. The van der Waals surface area contributed by atoms with E-state index in [0.29, 0.717) is 18.9 Å². The van der Waals surface area contributed by atoms with Crippen LogP contribution in [-0.4, -0.2) is 19.0 Å². The van der Waals surface area contributed by atoms with Crippen LogP contribution in [0.2, 0.25) is 0 Å². The van der Waals surface area contributed by atoms with Crippen molar-refractivity contribution in [2.75, 3.05) is 18.0 Å². The molecule has 1 aromatic rings. The predicted octanol–water partition coefficient (Wildman–Crippen LogP) is 1.78. The molecule has 1 aliphatic rings. The summed E-state index contributed by atoms with van der Waals surface area (Å²) in [5.74, 6) is 0.661. The van der Waals surface area contributed by atoms with E-state index in [9.17, 15) is 4.79 Å². The van der Waals surface area contributed by atoms with Crippen molar-refractivity contribution in [1.29, 1.82) is 0 Å². The minimum absolute atomic E-state index is 0.224. The maximum atomic E-state index is 12.0. The number of para-hydroxylation sites is 1. The Balaban J connectivity index is 2.19. The van der Waals surface area contributed by atoms with Gasteiger partial charge in [0.15, 0.2) is 0 Å². The Labute approximate surface area is 96.2 Å². The Morgan fingerprint density at radius 2 is 2.06 bits per heavy atom. The Bertz CT molecular complexity index is 350. The molecule has 1 atom stereocenters. The molecule has 0 aliphatic carbocycles. The molecule has 86 valence electrons. The third kappa shape index (κ3) is 2.42. The molecule has 1 saturated heterocycles. The zero-order valence-corrected chi connectivity index (χ0v) is 9.43. The maximum Gasteiger partial charge on any atom is 0.226 e. The van der Waals surface area contributed by atoms with Gasteiger partial charge in [0, 0.05) is 18.7 Å². The molecule has 1 heterocycles. The molecular weight excluding hydrogens is 200 g/mol. The van der Waals surface area contributed by atoms with Crippen molar-refractivity contribution in [2.45, 2.75) is 19.3 Å². The van der Waals surface area contributed by atoms with Crippen molar-refractivity contribution in [3.8, 4) is 0 Å². The summed E-state index contributed by atoms with van der Waals surface area (Å²) in [7, 11) is 0.